The van der Waals surface area contributed by atoms with E-state index < -0.39 is 0 Å². The predicted molar refractivity (Wildman–Crippen MR) is 93.7 cm³/mol. The molecule has 0 aliphatic heterocycles. The van der Waals surface area contributed by atoms with Crippen LogP contribution in [0.4, 0.5) is 0 Å². The van der Waals surface area contributed by atoms with Gasteiger partial charge in [0.25, 0.3) is 12.9 Å². The topological polar surface area (TPSA) is 52.6 Å². The Morgan fingerprint density at radius 2 is 0.958 bits per heavy atom. The second-order valence-corrected chi connectivity index (χ2v) is 6.07. The van der Waals surface area contributed by atoms with Crippen LogP contribution in [0.1, 0.15) is 33.4 Å². The molecule has 0 saturated carbocycles. The highest BCUT2D eigenvalue weighted by Gasteiger charge is 2.17. The Kier molecular flexibility index (Phi) is 5.07. The van der Waals surface area contributed by atoms with Crippen molar-refractivity contribution >= 4 is 12.9 Å². The first-order valence-corrected chi connectivity index (χ1v) is 7.76. The first-order valence-electron chi connectivity index (χ1n) is 7.76. The summed E-state index contributed by atoms with van der Waals surface area (Å²) in [4.78, 5) is 21.4. The Morgan fingerprint density at radius 3 is 1.25 bits per heavy atom. The molecule has 2 aromatic carbocycles. The second kappa shape index (κ2) is 6.87. The molecule has 0 amide bonds. The van der Waals surface area contributed by atoms with Crippen molar-refractivity contribution in [2.45, 2.75) is 41.5 Å². The number of carbonyl (C=O) groups is 2. The van der Waals surface area contributed by atoms with Gasteiger partial charge in [0.15, 0.2) is 0 Å². The van der Waals surface area contributed by atoms with Gasteiger partial charge < -0.3 is 9.47 Å². The lowest BCUT2D eigenvalue weighted by molar-refractivity contribution is -0.121. The fourth-order valence-electron chi connectivity index (χ4n) is 3.14. The first kappa shape index (κ1) is 17.7. The first-order chi connectivity index (χ1) is 11.3. The lowest BCUT2D eigenvalue weighted by Gasteiger charge is -2.19. The van der Waals surface area contributed by atoms with E-state index in [0.717, 1.165) is 44.5 Å². The van der Waals surface area contributed by atoms with Crippen LogP contribution in [-0.4, -0.2) is 12.9 Å². The average Bonchev–Trinajstić information content (AvgIpc) is 2.55. The van der Waals surface area contributed by atoms with E-state index in [1.54, 1.807) is 0 Å². The Labute approximate surface area is 142 Å². The maximum Gasteiger partial charge on any atom is 0.298 e. The van der Waals surface area contributed by atoms with Crippen LogP contribution in [0, 0.1) is 41.5 Å². The summed E-state index contributed by atoms with van der Waals surface area (Å²) in [6.45, 7) is 12.7. The molecule has 0 aliphatic carbocycles. The monoisotopic (exact) mass is 326 g/mol. The van der Waals surface area contributed by atoms with Crippen LogP contribution in [0.5, 0.6) is 11.5 Å². The SMILES string of the molecule is Cc1cc(-c2cc(C)c(OC=O)c(C)c2C)c(C)c(C)c1OC=O. The number of aryl methyl sites for hydroxylation is 2. The van der Waals surface area contributed by atoms with Crippen molar-refractivity contribution in [1.82, 2.24) is 0 Å². The van der Waals surface area contributed by atoms with Crippen molar-refractivity contribution in [3.05, 3.63) is 45.5 Å². The van der Waals surface area contributed by atoms with E-state index in [2.05, 4.69) is 0 Å². The summed E-state index contributed by atoms with van der Waals surface area (Å²) < 4.78 is 10.3. The van der Waals surface area contributed by atoms with E-state index in [4.69, 9.17) is 9.47 Å². The van der Waals surface area contributed by atoms with E-state index in [9.17, 15) is 9.59 Å². The van der Waals surface area contributed by atoms with Crippen LogP contribution < -0.4 is 9.47 Å². The van der Waals surface area contributed by atoms with E-state index in [-0.39, 0.29) is 0 Å². The zero-order valence-electron chi connectivity index (χ0n) is 14.9. The van der Waals surface area contributed by atoms with Crippen LogP contribution >= 0.6 is 0 Å². The fraction of sp³-hybridized carbons (Fsp3) is 0.300. The summed E-state index contributed by atoms with van der Waals surface area (Å²) in [5, 5.41) is 0. The number of hydrogen-bond acceptors (Lipinski definition) is 4. The number of benzene rings is 2. The Bertz CT molecular complexity index is 750. The van der Waals surface area contributed by atoms with Gasteiger partial charge in [-0.05, 0) is 98.2 Å². The molecule has 0 radical (unpaired) electrons. The molecule has 2 aromatic rings. The van der Waals surface area contributed by atoms with Crippen molar-refractivity contribution in [3.63, 3.8) is 0 Å². The molecule has 0 bridgehead atoms. The summed E-state index contributed by atoms with van der Waals surface area (Å²) in [5.41, 5.74) is 7.99. The van der Waals surface area contributed by atoms with Crippen LogP contribution in [0.3, 0.4) is 0 Å². The van der Waals surface area contributed by atoms with Crippen LogP contribution in [-0.2, 0) is 9.59 Å². The molecule has 0 aliphatic rings. The Hall–Kier alpha value is -2.62. The molecule has 0 atom stereocenters. The fourth-order valence-corrected chi connectivity index (χ4v) is 3.14. The third kappa shape index (κ3) is 2.92. The van der Waals surface area contributed by atoms with Crippen LogP contribution in [0.2, 0.25) is 0 Å². The van der Waals surface area contributed by atoms with Crippen molar-refractivity contribution in [2.75, 3.05) is 0 Å². The minimum absolute atomic E-state index is 0.458. The minimum Gasteiger partial charge on any atom is -0.428 e. The molecule has 0 spiro atoms. The number of ether oxygens (including phenoxy) is 2. The summed E-state index contributed by atoms with van der Waals surface area (Å²) in [6, 6.07) is 4.06. The highest BCUT2D eigenvalue weighted by molar-refractivity contribution is 5.77. The zero-order valence-corrected chi connectivity index (χ0v) is 14.9. The molecule has 4 nitrogen and oxygen atoms in total. The molecular weight excluding hydrogens is 304 g/mol. The number of carbonyl (C=O) groups excluding carboxylic acids is 2. The largest absolute Gasteiger partial charge is 0.428 e. The lowest BCUT2D eigenvalue weighted by atomic mass is 9.88. The van der Waals surface area contributed by atoms with Gasteiger partial charge in [-0.15, -0.1) is 0 Å². The third-order valence-electron chi connectivity index (χ3n) is 4.67. The number of hydrogen-bond donors (Lipinski definition) is 0. The average molecular weight is 326 g/mol. The van der Waals surface area contributed by atoms with Gasteiger partial charge in [0.05, 0.1) is 0 Å². The van der Waals surface area contributed by atoms with Crippen molar-refractivity contribution in [1.29, 1.82) is 0 Å². The molecule has 126 valence electrons. The molecule has 0 N–H and O–H groups in total. The highest BCUT2D eigenvalue weighted by atomic mass is 16.5. The van der Waals surface area contributed by atoms with Crippen LogP contribution in [0.25, 0.3) is 11.1 Å². The van der Waals surface area contributed by atoms with Gasteiger partial charge in [-0.3, -0.25) is 9.59 Å². The van der Waals surface area contributed by atoms with Gasteiger partial charge in [-0.25, -0.2) is 0 Å². The van der Waals surface area contributed by atoms with Gasteiger partial charge in [0.1, 0.15) is 11.5 Å². The lowest BCUT2D eigenvalue weighted by Crippen LogP contribution is -2.02. The quantitative estimate of drug-likeness (QED) is 0.770. The smallest absolute Gasteiger partial charge is 0.298 e. The zero-order chi connectivity index (χ0) is 18.0. The predicted octanol–water partition coefficient (Wildman–Crippen LogP) is 4.27. The summed E-state index contributed by atoms with van der Waals surface area (Å²) in [6.07, 6.45) is 0. The Morgan fingerprint density at radius 1 is 0.625 bits per heavy atom. The van der Waals surface area contributed by atoms with E-state index >= 15 is 0 Å². The van der Waals surface area contributed by atoms with Gasteiger partial charge in [-0.2, -0.15) is 0 Å². The minimum atomic E-state index is 0.458. The van der Waals surface area contributed by atoms with Gasteiger partial charge in [-0.1, -0.05) is 0 Å². The molecule has 0 unspecified atom stereocenters. The maximum atomic E-state index is 10.7. The van der Waals surface area contributed by atoms with Gasteiger partial charge in [0, 0.05) is 0 Å². The maximum absolute atomic E-state index is 10.7. The molecule has 0 heterocycles. The highest BCUT2D eigenvalue weighted by Crippen LogP contribution is 2.39. The molecule has 2 rings (SSSR count). The standard InChI is InChI=1S/C20H22O4/c1-11-7-17(13(3)15(5)19(11)23-9-21)18-8-12(2)20(24-10-22)16(6)14(18)4/h7-10H,1-6H3. The Balaban J connectivity index is 2.74. The van der Waals surface area contributed by atoms with Crippen molar-refractivity contribution in [2.24, 2.45) is 0 Å². The molecular formula is C20H22O4. The third-order valence-corrected chi connectivity index (χ3v) is 4.67. The normalized spacial score (nSPS) is 10.4. The summed E-state index contributed by atoms with van der Waals surface area (Å²) in [5.74, 6) is 1.22. The van der Waals surface area contributed by atoms with E-state index in [1.165, 1.54) is 0 Å². The molecule has 0 fully saturated rings. The van der Waals surface area contributed by atoms with E-state index in [1.807, 2.05) is 53.7 Å². The van der Waals surface area contributed by atoms with Crippen LogP contribution in [0.15, 0.2) is 12.1 Å². The summed E-state index contributed by atoms with van der Waals surface area (Å²) >= 11 is 0. The second-order valence-electron chi connectivity index (χ2n) is 6.07. The van der Waals surface area contributed by atoms with Gasteiger partial charge >= 0.3 is 0 Å². The van der Waals surface area contributed by atoms with Crippen molar-refractivity contribution in [3.8, 4) is 22.6 Å². The van der Waals surface area contributed by atoms with E-state index in [0.29, 0.717) is 24.4 Å². The van der Waals surface area contributed by atoms with Gasteiger partial charge in [0.2, 0.25) is 0 Å². The molecule has 24 heavy (non-hydrogen) atoms. The number of rotatable bonds is 5. The molecule has 0 aromatic heterocycles. The molecule has 4 heteroatoms. The molecule has 0 saturated heterocycles. The summed E-state index contributed by atoms with van der Waals surface area (Å²) in [7, 11) is 0. The van der Waals surface area contributed by atoms with Crippen molar-refractivity contribution < 1.29 is 19.1 Å².